The molecule has 4 rings (SSSR count). The Hall–Kier alpha value is -1.79. The molecule has 1 spiro atoms. The fourth-order valence-electron chi connectivity index (χ4n) is 3.06. The van der Waals surface area contributed by atoms with Crippen LogP contribution in [0.5, 0.6) is 0 Å². The molecule has 1 unspecified atom stereocenters. The molecule has 1 saturated carbocycles. The highest BCUT2D eigenvalue weighted by molar-refractivity contribution is 5.71. The third-order valence-corrected chi connectivity index (χ3v) is 3.98. The lowest BCUT2D eigenvalue weighted by Gasteiger charge is -2.30. The number of aromatic nitrogens is 3. The summed E-state index contributed by atoms with van der Waals surface area (Å²) in [5.41, 5.74) is 1.45. The SMILES string of the molecule is c1cnc2nc(NC3CCCC34OCCO4)ccc2n1. The molecule has 1 atom stereocenters. The lowest BCUT2D eigenvalue weighted by atomic mass is 10.1. The van der Waals surface area contributed by atoms with Crippen molar-refractivity contribution >= 4 is 17.0 Å². The molecule has 20 heavy (non-hydrogen) atoms. The number of hydrogen-bond donors (Lipinski definition) is 1. The first kappa shape index (κ1) is 12.0. The highest BCUT2D eigenvalue weighted by Crippen LogP contribution is 2.39. The van der Waals surface area contributed by atoms with E-state index in [0.717, 1.165) is 30.6 Å². The minimum atomic E-state index is -0.459. The summed E-state index contributed by atoms with van der Waals surface area (Å²) in [6.07, 6.45) is 6.39. The molecule has 0 aromatic carbocycles. The molecule has 2 aliphatic rings. The van der Waals surface area contributed by atoms with Gasteiger partial charge in [0.05, 0.1) is 19.3 Å². The van der Waals surface area contributed by atoms with E-state index in [0.29, 0.717) is 18.9 Å². The van der Waals surface area contributed by atoms with Gasteiger partial charge in [-0.25, -0.2) is 9.97 Å². The van der Waals surface area contributed by atoms with Crippen LogP contribution in [0.3, 0.4) is 0 Å². The van der Waals surface area contributed by atoms with Gasteiger partial charge in [-0.05, 0) is 25.0 Å². The first-order valence-corrected chi connectivity index (χ1v) is 6.98. The first-order chi connectivity index (χ1) is 9.86. The van der Waals surface area contributed by atoms with Crippen molar-refractivity contribution in [3.63, 3.8) is 0 Å². The minimum absolute atomic E-state index is 0.145. The van der Waals surface area contributed by atoms with E-state index in [-0.39, 0.29) is 6.04 Å². The maximum Gasteiger partial charge on any atom is 0.188 e. The van der Waals surface area contributed by atoms with E-state index in [1.54, 1.807) is 12.4 Å². The molecule has 6 heteroatoms. The number of anilines is 1. The van der Waals surface area contributed by atoms with E-state index in [1.807, 2.05) is 12.1 Å². The third kappa shape index (κ3) is 1.92. The number of pyridine rings is 1. The van der Waals surface area contributed by atoms with E-state index < -0.39 is 5.79 Å². The normalized spacial score (nSPS) is 24.5. The molecule has 2 aromatic rings. The van der Waals surface area contributed by atoms with Crippen LogP contribution in [0.1, 0.15) is 19.3 Å². The average Bonchev–Trinajstić information content (AvgIpc) is 3.11. The van der Waals surface area contributed by atoms with Crippen LogP contribution in [-0.4, -0.2) is 40.0 Å². The van der Waals surface area contributed by atoms with E-state index in [1.165, 1.54) is 0 Å². The van der Waals surface area contributed by atoms with Crippen LogP contribution in [0.15, 0.2) is 24.5 Å². The highest BCUT2D eigenvalue weighted by Gasteiger charge is 2.48. The number of nitrogens with one attached hydrogen (secondary N) is 1. The molecule has 0 bridgehead atoms. The lowest BCUT2D eigenvalue weighted by Crippen LogP contribution is -2.43. The van der Waals surface area contributed by atoms with Crippen LogP contribution >= 0.6 is 0 Å². The Bertz CT molecular complexity index is 622. The van der Waals surface area contributed by atoms with Crippen molar-refractivity contribution in [1.29, 1.82) is 0 Å². The fraction of sp³-hybridized carbons (Fsp3) is 0.500. The largest absolute Gasteiger partial charge is 0.362 e. The minimum Gasteiger partial charge on any atom is -0.362 e. The van der Waals surface area contributed by atoms with Gasteiger partial charge >= 0.3 is 0 Å². The van der Waals surface area contributed by atoms with E-state index in [4.69, 9.17) is 9.47 Å². The number of ether oxygens (including phenoxy) is 2. The van der Waals surface area contributed by atoms with Crippen molar-refractivity contribution in [2.75, 3.05) is 18.5 Å². The molecule has 2 aromatic heterocycles. The Balaban J connectivity index is 1.60. The maximum absolute atomic E-state index is 5.83. The van der Waals surface area contributed by atoms with E-state index >= 15 is 0 Å². The van der Waals surface area contributed by atoms with Crippen molar-refractivity contribution in [2.45, 2.75) is 31.1 Å². The molecule has 3 heterocycles. The standard InChI is InChI=1S/C14H16N4O2/c1-2-11(14(5-1)19-8-9-20-14)17-12-4-3-10-13(18-12)16-7-6-15-10/h3-4,6-7,11H,1-2,5,8-9H2,(H,16,17,18). The van der Waals surface area contributed by atoms with E-state index in [2.05, 4.69) is 20.3 Å². The second kappa shape index (κ2) is 4.64. The van der Waals surface area contributed by atoms with Gasteiger partial charge in [0, 0.05) is 18.8 Å². The van der Waals surface area contributed by atoms with Gasteiger partial charge in [-0.15, -0.1) is 0 Å². The van der Waals surface area contributed by atoms with Gasteiger partial charge in [0.1, 0.15) is 11.3 Å². The summed E-state index contributed by atoms with van der Waals surface area (Å²) in [5, 5.41) is 3.44. The van der Waals surface area contributed by atoms with Crippen LogP contribution in [0.2, 0.25) is 0 Å². The van der Waals surface area contributed by atoms with Crippen molar-refractivity contribution < 1.29 is 9.47 Å². The zero-order valence-corrected chi connectivity index (χ0v) is 11.1. The molecule has 1 N–H and O–H groups in total. The summed E-state index contributed by atoms with van der Waals surface area (Å²) in [7, 11) is 0. The number of fused-ring (bicyclic) bond motifs is 1. The lowest BCUT2D eigenvalue weighted by molar-refractivity contribution is -0.156. The summed E-state index contributed by atoms with van der Waals surface area (Å²) in [6.45, 7) is 1.35. The van der Waals surface area contributed by atoms with Crippen molar-refractivity contribution in [3.8, 4) is 0 Å². The molecule has 6 nitrogen and oxygen atoms in total. The van der Waals surface area contributed by atoms with Crippen molar-refractivity contribution in [1.82, 2.24) is 15.0 Å². The van der Waals surface area contributed by atoms with Gasteiger partial charge in [0.15, 0.2) is 11.4 Å². The monoisotopic (exact) mass is 272 g/mol. The van der Waals surface area contributed by atoms with Crippen LogP contribution in [0.25, 0.3) is 11.2 Å². The van der Waals surface area contributed by atoms with Gasteiger partial charge in [0.25, 0.3) is 0 Å². The molecular weight excluding hydrogens is 256 g/mol. The molecular formula is C14H16N4O2. The smallest absolute Gasteiger partial charge is 0.188 e. The first-order valence-electron chi connectivity index (χ1n) is 6.98. The summed E-state index contributed by atoms with van der Waals surface area (Å²) >= 11 is 0. The predicted octanol–water partition coefficient (Wildman–Crippen LogP) is 1.73. The Morgan fingerprint density at radius 1 is 1.15 bits per heavy atom. The maximum atomic E-state index is 5.83. The van der Waals surface area contributed by atoms with Gasteiger partial charge in [0.2, 0.25) is 0 Å². The van der Waals surface area contributed by atoms with Crippen LogP contribution in [-0.2, 0) is 9.47 Å². The Labute approximate surface area is 116 Å². The van der Waals surface area contributed by atoms with Crippen LogP contribution in [0, 0.1) is 0 Å². The van der Waals surface area contributed by atoms with Crippen LogP contribution < -0.4 is 5.32 Å². The summed E-state index contributed by atoms with van der Waals surface area (Å²) in [5.74, 6) is 0.335. The van der Waals surface area contributed by atoms with Crippen molar-refractivity contribution in [2.24, 2.45) is 0 Å². The molecule has 0 radical (unpaired) electrons. The van der Waals surface area contributed by atoms with E-state index in [9.17, 15) is 0 Å². The third-order valence-electron chi connectivity index (χ3n) is 3.98. The number of rotatable bonds is 2. The zero-order chi connectivity index (χ0) is 13.4. The quantitative estimate of drug-likeness (QED) is 0.898. The highest BCUT2D eigenvalue weighted by atomic mass is 16.7. The summed E-state index contributed by atoms with van der Waals surface area (Å²) in [4.78, 5) is 12.9. The molecule has 0 amide bonds. The van der Waals surface area contributed by atoms with Gasteiger partial charge in [-0.1, -0.05) is 0 Å². The van der Waals surface area contributed by atoms with Crippen molar-refractivity contribution in [3.05, 3.63) is 24.5 Å². The molecule has 2 fully saturated rings. The fourth-order valence-corrected chi connectivity index (χ4v) is 3.06. The predicted molar refractivity (Wildman–Crippen MR) is 73.2 cm³/mol. The summed E-state index contributed by atoms with van der Waals surface area (Å²) in [6, 6.07) is 4.00. The van der Waals surface area contributed by atoms with Gasteiger partial charge in [-0.2, -0.15) is 0 Å². The second-order valence-electron chi connectivity index (χ2n) is 5.19. The average molecular weight is 272 g/mol. The van der Waals surface area contributed by atoms with Gasteiger partial charge in [-0.3, -0.25) is 4.98 Å². The molecule has 104 valence electrons. The Kier molecular flexibility index (Phi) is 2.78. The molecule has 1 aliphatic heterocycles. The summed E-state index contributed by atoms with van der Waals surface area (Å²) < 4.78 is 11.7. The van der Waals surface area contributed by atoms with Gasteiger partial charge < -0.3 is 14.8 Å². The second-order valence-corrected chi connectivity index (χ2v) is 5.19. The molecule has 1 saturated heterocycles. The topological polar surface area (TPSA) is 69.2 Å². The number of nitrogens with zero attached hydrogens (tertiary/aromatic N) is 3. The van der Waals surface area contributed by atoms with Crippen LogP contribution in [0.4, 0.5) is 5.82 Å². The Morgan fingerprint density at radius 2 is 2.00 bits per heavy atom. The molecule has 1 aliphatic carbocycles. The Morgan fingerprint density at radius 3 is 2.90 bits per heavy atom. The zero-order valence-electron chi connectivity index (χ0n) is 11.1. The number of hydrogen-bond acceptors (Lipinski definition) is 6.